The minimum absolute atomic E-state index is 0.0114. The molecular formula is C21H22ClFN2O2. The molecule has 6 heteroatoms. The molecule has 1 aliphatic heterocycles. The summed E-state index contributed by atoms with van der Waals surface area (Å²) in [5.74, 6) is -0.771. The zero-order chi connectivity index (χ0) is 19.4. The number of piperidine rings is 1. The standard InChI is InChI=1S/C21H22ClFN2O2/c1-14(16-10-11-18(23)17(22)13-16)24-21(27)20(15-7-3-2-4-8-15)25-12-6-5-9-19(25)26/h2-4,7-8,10-11,13-14,20H,5-6,9,12H2,1H3,(H,24,27). The molecule has 142 valence electrons. The highest BCUT2D eigenvalue weighted by molar-refractivity contribution is 6.30. The summed E-state index contributed by atoms with van der Waals surface area (Å²) < 4.78 is 13.4. The summed E-state index contributed by atoms with van der Waals surface area (Å²) in [6.07, 6.45) is 2.19. The van der Waals surface area contributed by atoms with Gasteiger partial charge in [0.15, 0.2) is 0 Å². The lowest BCUT2D eigenvalue weighted by molar-refractivity contribution is -0.143. The highest BCUT2D eigenvalue weighted by Gasteiger charge is 2.33. The molecule has 1 saturated heterocycles. The van der Waals surface area contributed by atoms with E-state index in [0.717, 1.165) is 18.4 Å². The minimum atomic E-state index is -0.683. The highest BCUT2D eigenvalue weighted by atomic mass is 35.5. The van der Waals surface area contributed by atoms with Crippen molar-refractivity contribution in [3.05, 3.63) is 70.5 Å². The third kappa shape index (κ3) is 4.48. The number of carbonyl (C=O) groups excluding carboxylic acids is 2. The van der Waals surface area contributed by atoms with Crippen molar-refractivity contribution >= 4 is 23.4 Å². The van der Waals surface area contributed by atoms with E-state index in [4.69, 9.17) is 11.6 Å². The van der Waals surface area contributed by atoms with Crippen LogP contribution in [0, 0.1) is 5.82 Å². The normalized spacial score (nSPS) is 16.7. The van der Waals surface area contributed by atoms with E-state index in [2.05, 4.69) is 5.32 Å². The first kappa shape index (κ1) is 19.4. The lowest BCUT2D eigenvalue weighted by atomic mass is 9.99. The Hall–Kier alpha value is -2.40. The van der Waals surface area contributed by atoms with Gasteiger partial charge < -0.3 is 10.2 Å². The number of hydrogen-bond acceptors (Lipinski definition) is 2. The summed E-state index contributed by atoms with van der Waals surface area (Å²) in [5.41, 5.74) is 1.47. The molecule has 2 atom stereocenters. The van der Waals surface area contributed by atoms with E-state index in [1.165, 1.54) is 12.1 Å². The van der Waals surface area contributed by atoms with E-state index < -0.39 is 11.9 Å². The number of rotatable bonds is 5. The van der Waals surface area contributed by atoms with Crippen LogP contribution in [-0.4, -0.2) is 23.3 Å². The number of amides is 2. The largest absolute Gasteiger partial charge is 0.347 e. The summed E-state index contributed by atoms with van der Waals surface area (Å²) in [6.45, 7) is 2.37. The number of nitrogens with zero attached hydrogens (tertiary/aromatic N) is 1. The van der Waals surface area contributed by atoms with E-state index in [-0.39, 0.29) is 22.9 Å². The van der Waals surface area contributed by atoms with Crippen LogP contribution in [0.5, 0.6) is 0 Å². The fourth-order valence-corrected chi connectivity index (χ4v) is 3.55. The van der Waals surface area contributed by atoms with Crippen molar-refractivity contribution in [3.63, 3.8) is 0 Å². The van der Waals surface area contributed by atoms with Crippen LogP contribution in [0.2, 0.25) is 5.02 Å². The number of hydrogen-bond donors (Lipinski definition) is 1. The second-order valence-corrected chi connectivity index (χ2v) is 7.17. The average Bonchev–Trinajstić information content (AvgIpc) is 2.66. The molecule has 0 radical (unpaired) electrons. The molecule has 2 aromatic carbocycles. The SMILES string of the molecule is CC(NC(=O)C(c1ccccc1)N1CCCCC1=O)c1ccc(F)c(Cl)c1. The van der Waals surface area contributed by atoms with Crippen LogP contribution in [0.15, 0.2) is 48.5 Å². The van der Waals surface area contributed by atoms with Gasteiger partial charge in [-0.05, 0) is 43.0 Å². The molecule has 0 aromatic heterocycles. The molecule has 4 nitrogen and oxygen atoms in total. The van der Waals surface area contributed by atoms with Gasteiger partial charge >= 0.3 is 0 Å². The van der Waals surface area contributed by atoms with Gasteiger partial charge in [0.25, 0.3) is 0 Å². The molecule has 0 saturated carbocycles. The number of benzene rings is 2. The summed E-state index contributed by atoms with van der Waals surface area (Å²) in [7, 11) is 0. The molecule has 1 N–H and O–H groups in total. The molecule has 3 rings (SSSR count). The zero-order valence-corrected chi connectivity index (χ0v) is 15.9. The first-order valence-electron chi connectivity index (χ1n) is 9.07. The maximum Gasteiger partial charge on any atom is 0.247 e. The van der Waals surface area contributed by atoms with Gasteiger partial charge in [0.05, 0.1) is 11.1 Å². The Balaban J connectivity index is 1.84. The molecule has 2 amide bonds. The van der Waals surface area contributed by atoms with Gasteiger partial charge in [-0.3, -0.25) is 9.59 Å². The van der Waals surface area contributed by atoms with Gasteiger partial charge in [0, 0.05) is 13.0 Å². The third-order valence-electron chi connectivity index (χ3n) is 4.84. The molecule has 27 heavy (non-hydrogen) atoms. The topological polar surface area (TPSA) is 49.4 Å². The smallest absolute Gasteiger partial charge is 0.247 e. The molecule has 0 spiro atoms. The van der Waals surface area contributed by atoms with E-state index in [9.17, 15) is 14.0 Å². The van der Waals surface area contributed by atoms with Crippen molar-refractivity contribution in [3.8, 4) is 0 Å². The fourth-order valence-electron chi connectivity index (χ4n) is 3.37. The Morgan fingerprint density at radius 2 is 1.89 bits per heavy atom. The summed E-state index contributed by atoms with van der Waals surface area (Å²) in [5, 5.41) is 2.96. The van der Waals surface area contributed by atoms with Gasteiger partial charge in [-0.15, -0.1) is 0 Å². The van der Waals surface area contributed by atoms with Crippen LogP contribution in [0.4, 0.5) is 4.39 Å². The van der Waals surface area contributed by atoms with Crippen molar-refractivity contribution in [2.75, 3.05) is 6.54 Å². The lowest BCUT2D eigenvalue weighted by Gasteiger charge is -2.34. The monoisotopic (exact) mass is 388 g/mol. The Bertz CT molecular complexity index is 828. The van der Waals surface area contributed by atoms with E-state index in [1.807, 2.05) is 37.3 Å². The summed E-state index contributed by atoms with van der Waals surface area (Å²) >= 11 is 5.85. The van der Waals surface area contributed by atoms with Gasteiger partial charge in [-0.1, -0.05) is 48.0 Å². The van der Waals surface area contributed by atoms with Crippen LogP contribution in [0.1, 0.15) is 49.4 Å². The Morgan fingerprint density at radius 1 is 1.15 bits per heavy atom. The van der Waals surface area contributed by atoms with Crippen LogP contribution in [0.3, 0.4) is 0 Å². The van der Waals surface area contributed by atoms with E-state index >= 15 is 0 Å². The third-order valence-corrected chi connectivity index (χ3v) is 5.13. The lowest BCUT2D eigenvalue weighted by Crippen LogP contribution is -2.46. The molecule has 2 aromatic rings. The van der Waals surface area contributed by atoms with Gasteiger partial charge in [0.2, 0.25) is 11.8 Å². The van der Waals surface area contributed by atoms with Crippen molar-refractivity contribution in [1.29, 1.82) is 0 Å². The van der Waals surface area contributed by atoms with E-state index in [0.29, 0.717) is 18.5 Å². The summed E-state index contributed by atoms with van der Waals surface area (Å²) in [6, 6.07) is 12.6. The van der Waals surface area contributed by atoms with E-state index in [1.54, 1.807) is 11.0 Å². The molecule has 1 heterocycles. The van der Waals surface area contributed by atoms with Gasteiger partial charge in [0.1, 0.15) is 11.9 Å². The van der Waals surface area contributed by atoms with Crippen LogP contribution in [0.25, 0.3) is 0 Å². The predicted molar refractivity (Wildman–Crippen MR) is 103 cm³/mol. The highest BCUT2D eigenvalue weighted by Crippen LogP contribution is 2.27. The maximum atomic E-state index is 13.4. The molecule has 0 aliphatic carbocycles. The predicted octanol–water partition coefficient (Wildman–Crippen LogP) is 4.41. The number of halogens is 2. The Morgan fingerprint density at radius 3 is 2.56 bits per heavy atom. The quantitative estimate of drug-likeness (QED) is 0.824. The maximum absolute atomic E-state index is 13.4. The number of likely N-dealkylation sites (tertiary alicyclic amines) is 1. The first-order valence-corrected chi connectivity index (χ1v) is 9.45. The van der Waals surface area contributed by atoms with Crippen molar-refractivity contribution in [2.24, 2.45) is 0 Å². The number of carbonyl (C=O) groups is 2. The minimum Gasteiger partial charge on any atom is -0.347 e. The number of nitrogens with one attached hydrogen (secondary N) is 1. The molecule has 2 unspecified atom stereocenters. The first-order chi connectivity index (χ1) is 13.0. The molecule has 1 fully saturated rings. The van der Waals surface area contributed by atoms with Gasteiger partial charge in [-0.25, -0.2) is 4.39 Å². The van der Waals surface area contributed by atoms with Crippen LogP contribution in [-0.2, 0) is 9.59 Å². The van der Waals surface area contributed by atoms with Crippen molar-refractivity contribution in [1.82, 2.24) is 10.2 Å². The van der Waals surface area contributed by atoms with Gasteiger partial charge in [-0.2, -0.15) is 0 Å². The second-order valence-electron chi connectivity index (χ2n) is 6.76. The fraction of sp³-hybridized carbons (Fsp3) is 0.333. The van der Waals surface area contributed by atoms with Crippen LogP contribution >= 0.6 is 11.6 Å². The van der Waals surface area contributed by atoms with Crippen molar-refractivity contribution in [2.45, 2.75) is 38.3 Å². The Labute approximate surface area is 163 Å². The zero-order valence-electron chi connectivity index (χ0n) is 15.1. The molecule has 1 aliphatic rings. The summed E-state index contributed by atoms with van der Waals surface area (Å²) in [4.78, 5) is 27.2. The Kier molecular flexibility index (Phi) is 6.11. The van der Waals surface area contributed by atoms with Crippen LogP contribution < -0.4 is 5.32 Å². The molecule has 0 bridgehead atoms. The van der Waals surface area contributed by atoms with Crippen molar-refractivity contribution < 1.29 is 14.0 Å². The average molecular weight is 389 g/mol. The second kappa shape index (κ2) is 8.53. The molecular weight excluding hydrogens is 367 g/mol.